The summed E-state index contributed by atoms with van der Waals surface area (Å²) in [7, 11) is -8.37. The first-order valence-corrected chi connectivity index (χ1v) is 6.89. The zero-order chi connectivity index (χ0) is 12.1. The molecule has 2 unspecified atom stereocenters. The Balaban J connectivity index is 4.20. The van der Waals surface area contributed by atoms with Gasteiger partial charge < -0.3 is 14.9 Å². The quantitative estimate of drug-likeness (QED) is 0.568. The molecule has 0 aromatic carbocycles. The minimum atomic E-state index is -4.65. The highest BCUT2D eigenvalue weighted by Crippen LogP contribution is 2.59. The van der Waals surface area contributed by atoms with E-state index in [0.29, 0.717) is 0 Å². The molecule has 92 valence electrons. The third-order valence-electron chi connectivity index (χ3n) is 1.27. The van der Waals surface area contributed by atoms with Gasteiger partial charge in [0.05, 0.1) is 6.61 Å². The van der Waals surface area contributed by atoms with Gasteiger partial charge in [0.2, 0.25) is 0 Å². The van der Waals surface area contributed by atoms with E-state index >= 15 is 0 Å². The van der Waals surface area contributed by atoms with E-state index in [4.69, 9.17) is 14.9 Å². The van der Waals surface area contributed by atoms with E-state index in [1.54, 1.807) is 6.92 Å². The first kappa shape index (κ1) is 15.2. The van der Waals surface area contributed by atoms with Gasteiger partial charge in [0.1, 0.15) is 0 Å². The molecule has 0 aliphatic rings. The van der Waals surface area contributed by atoms with Gasteiger partial charge in [-0.2, -0.15) is 4.31 Å². The Hall–Kier alpha value is 0.220. The molecule has 0 heterocycles. The van der Waals surface area contributed by atoms with Gasteiger partial charge >= 0.3 is 15.6 Å². The summed E-state index contributed by atoms with van der Waals surface area (Å²) in [6.07, 6.45) is 0. The molecule has 0 radical (unpaired) electrons. The molecule has 0 saturated heterocycles. The smallest absolute Gasteiger partial charge is 0.396 e. The van der Waals surface area contributed by atoms with E-state index in [9.17, 15) is 9.13 Å². The van der Waals surface area contributed by atoms with E-state index < -0.39 is 21.6 Å². The summed E-state index contributed by atoms with van der Waals surface area (Å²) in [5, 5.41) is 8.59. The summed E-state index contributed by atoms with van der Waals surface area (Å²) < 4.78 is 33.9. The molecule has 15 heavy (non-hydrogen) atoms. The summed E-state index contributed by atoms with van der Waals surface area (Å²) in [5.74, 6) is -0.394. The topological polar surface area (TPSA) is 123 Å². The highest BCUT2D eigenvalue weighted by atomic mass is 31.3. The summed E-state index contributed by atoms with van der Waals surface area (Å²) in [6.45, 7) is 1.02. The molecule has 0 aromatic rings. The van der Waals surface area contributed by atoms with Crippen LogP contribution in [0.3, 0.4) is 0 Å². The number of hydrogen-bond donors (Lipinski definition) is 3. The van der Waals surface area contributed by atoms with Crippen molar-refractivity contribution in [1.29, 1.82) is 0 Å². The predicted octanol–water partition coefficient (Wildman–Crippen LogP) is 0.495. The maximum Gasteiger partial charge on any atom is 0.481 e. The number of hydrogen-bond acceptors (Lipinski definition) is 6. The van der Waals surface area contributed by atoms with Crippen LogP contribution in [0.2, 0.25) is 0 Å². The fourth-order valence-electron chi connectivity index (χ4n) is 0.461. The number of phosphoric ester groups is 2. The van der Waals surface area contributed by atoms with Gasteiger partial charge in [-0.15, -0.1) is 0 Å². The Labute approximate surface area is 87.0 Å². The van der Waals surface area contributed by atoms with Gasteiger partial charge in [-0.05, 0) is 0 Å². The summed E-state index contributed by atoms with van der Waals surface area (Å²) in [5.41, 5.74) is 0. The summed E-state index contributed by atoms with van der Waals surface area (Å²) >= 11 is 0. The molecule has 0 spiro atoms. The van der Waals surface area contributed by atoms with Gasteiger partial charge in [-0.3, -0.25) is 9.05 Å². The standard InChI is InChI=1S/C5H14O8P2/c1-5(3-6)4-12-15(9,10)13-14(7,8)11-2/h5-6H,3-4H2,1-2H3,(H,7,8)(H,9,10)/t5-/m0/s1. The third-order valence-corrected chi connectivity index (χ3v) is 3.86. The molecule has 0 bridgehead atoms. The third kappa shape index (κ3) is 7.16. The van der Waals surface area contributed by atoms with Crippen LogP contribution in [0.15, 0.2) is 0 Å². The molecule has 0 aromatic heterocycles. The van der Waals surface area contributed by atoms with Crippen molar-refractivity contribution >= 4 is 15.6 Å². The van der Waals surface area contributed by atoms with Crippen molar-refractivity contribution in [2.75, 3.05) is 20.3 Å². The first-order valence-electron chi connectivity index (χ1n) is 3.90. The van der Waals surface area contributed by atoms with E-state index in [1.165, 1.54) is 0 Å². The van der Waals surface area contributed by atoms with Gasteiger partial charge in [0.15, 0.2) is 0 Å². The average molecular weight is 264 g/mol. The minimum absolute atomic E-state index is 0.249. The number of aliphatic hydroxyl groups is 1. The molecular formula is C5H14O8P2. The van der Waals surface area contributed by atoms with E-state index in [-0.39, 0.29) is 13.2 Å². The first-order chi connectivity index (χ1) is 6.72. The largest absolute Gasteiger partial charge is 0.481 e. The molecule has 10 heteroatoms. The van der Waals surface area contributed by atoms with E-state index in [1.807, 2.05) is 0 Å². The maximum atomic E-state index is 11.0. The van der Waals surface area contributed by atoms with Crippen molar-refractivity contribution in [3.8, 4) is 0 Å². The Bertz CT molecular complexity index is 278. The van der Waals surface area contributed by atoms with E-state index in [2.05, 4.69) is 13.4 Å². The number of aliphatic hydroxyl groups excluding tert-OH is 1. The van der Waals surface area contributed by atoms with Gasteiger partial charge in [-0.1, -0.05) is 6.92 Å². The van der Waals surface area contributed by atoms with Gasteiger partial charge in [0.25, 0.3) is 0 Å². The van der Waals surface area contributed by atoms with Crippen LogP contribution in [0.1, 0.15) is 6.92 Å². The lowest BCUT2D eigenvalue weighted by Crippen LogP contribution is -2.09. The van der Waals surface area contributed by atoms with Crippen LogP contribution in [0.4, 0.5) is 0 Å². The second kappa shape index (κ2) is 6.08. The van der Waals surface area contributed by atoms with Crippen molar-refractivity contribution in [3.05, 3.63) is 0 Å². The fourth-order valence-corrected chi connectivity index (χ4v) is 2.40. The summed E-state index contributed by atoms with van der Waals surface area (Å²) in [6, 6.07) is 0. The lowest BCUT2D eigenvalue weighted by atomic mass is 10.2. The number of rotatable bonds is 7. The Morgan fingerprint density at radius 3 is 2.20 bits per heavy atom. The van der Waals surface area contributed by atoms with Crippen LogP contribution >= 0.6 is 15.6 Å². The van der Waals surface area contributed by atoms with Crippen molar-refractivity contribution in [3.63, 3.8) is 0 Å². The van der Waals surface area contributed by atoms with Crippen LogP contribution in [0.5, 0.6) is 0 Å². The molecule has 0 fully saturated rings. The molecule has 0 aliphatic heterocycles. The minimum Gasteiger partial charge on any atom is -0.396 e. The molecule has 3 atom stereocenters. The highest BCUT2D eigenvalue weighted by Gasteiger charge is 2.34. The zero-order valence-corrected chi connectivity index (χ0v) is 10.1. The van der Waals surface area contributed by atoms with Crippen molar-refractivity contribution in [1.82, 2.24) is 0 Å². The van der Waals surface area contributed by atoms with Crippen LogP contribution in [0.25, 0.3) is 0 Å². The van der Waals surface area contributed by atoms with Crippen LogP contribution in [-0.4, -0.2) is 35.2 Å². The van der Waals surface area contributed by atoms with Crippen LogP contribution < -0.4 is 0 Å². The Morgan fingerprint density at radius 1 is 1.27 bits per heavy atom. The average Bonchev–Trinajstić information content (AvgIpc) is 2.13. The molecule has 0 saturated carbocycles. The second-order valence-electron chi connectivity index (χ2n) is 2.78. The number of phosphoric acid groups is 2. The lowest BCUT2D eigenvalue weighted by Gasteiger charge is -2.15. The van der Waals surface area contributed by atoms with Crippen LogP contribution in [0, 0.1) is 5.92 Å². The normalized spacial score (nSPS) is 21.7. The lowest BCUT2D eigenvalue weighted by molar-refractivity contribution is 0.129. The van der Waals surface area contributed by atoms with Gasteiger partial charge in [-0.25, -0.2) is 9.13 Å². The van der Waals surface area contributed by atoms with E-state index in [0.717, 1.165) is 7.11 Å². The van der Waals surface area contributed by atoms with Gasteiger partial charge in [0, 0.05) is 19.6 Å². The molecule has 0 rings (SSSR count). The highest BCUT2D eigenvalue weighted by molar-refractivity contribution is 7.61. The van der Waals surface area contributed by atoms with Crippen molar-refractivity contribution < 1.29 is 37.4 Å². The zero-order valence-electron chi connectivity index (χ0n) is 8.27. The monoisotopic (exact) mass is 264 g/mol. The molecule has 0 aliphatic carbocycles. The SMILES string of the molecule is COP(=O)(O)OP(=O)(O)OC[C@@H](C)CO. The molecular weight excluding hydrogens is 250 g/mol. The Kier molecular flexibility index (Phi) is 6.17. The molecule has 0 amide bonds. The fraction of sp³-hybridized carbons (Fsp3) is 1.00. The molecule has 8 nitrogen and oxygen atoms in total. The maximum absolute atomic E-state index is 11.0. The second-order valence-corrected chi connectivity index (χ2v) is 5.94. The Morgan fingerprint density at radius 2 is 1.80 bits per heavy atom. The predicted molar refractivity (Wildman–Crippen MR) is 49.9 cm³/mol. The summed E-state index contributed by atoms with van der Waals surface area (Å²) in [4.78, 5) is 17.7. The van der Waals surface area contributed by atoms with Crippen LogP contribution in [-0.2, 0) is 22.5 Å². The van der Waals surface area contributed by atoms with Crippen molar-refractivity contribution in [2.24, 2.45) is 5.92 Å². The van der Waals surface area contributed by atoms with Crippen molar-refractivity contribution in [2.45, 2.75) is 6.92 Å². The molecule has 3 N–H and O–H groups in total.